The maximum atomic E-state index is 11.3. The molecule has 1 saturated heterocycles. The van der Waals surface area contributed by atoms with Gasteiger partial charge in [-0.25, -0.2) is 0 Å². The predicted molar refractivity (Wildman–Crippen MR) is 70.9 cm³/mol. The molecule has 1 unspecified atom stereocenters. The zero-order chi connectivity index (χ0) is 12.2. The third-order valence-corrected chi connectivity index (χ3v) is 4.30. The molecule has 1 aliphatic rings. The Morgan fingerprint density at radius 2 is 1.88 bits per heavy atom. The van der Waals surface area contributed by atoms with E-state index in [-0.39, 0.29) is 0 Å². The Morgan fingerprint density at radius 3 is 2.31 bits per heavy atom. The average molecular weight is 246 g/mol. The van der Waals surface area contributed by atoms with Crippen LogP contribution in [-0.4, -0.2) is 46.8 Å². The molecule has 1 fully saturated rings. The summed E-state index contributed by atoms with van der Waals surface area (Å²) in [5.74, 6) is 2.26. The zero-order valence-electron chi connectivity index (χ0n) is 10.9. The van der Waals surface area contributed by atoms with Crippen LogP contribution >= 0.6 is 0 Å². The third kappa shape index (κ3) is 5.41. The zero-order valence-corrected chi connectivity index (χ0v) is 11.7. The summed E-state index contributed by atoms with van der Waals surface area (Å²) in [6, 6.07) is 0. The van der Waals surface area contributed by atoms with Gasteiger partial charge in [0.1, 0.15) is 0 Å². The van der Waals surface area contributed by atoms with Crippen molar-refractivity contribution in [2.75, 3.05) is 37.7 Å². The van der Waals surface area contributed by atoms with Crippen LogP contribution in [0.5, 0.6) is 0 Å². The van der Waals surface area contributed by atoms with E-state index in [1.807, 2.05) is 0 Å². The molecule has 1 rings (SSSR count). The highest BCUT2D eigenvalue weighted by molar-refractivity contribution is 7.85. The van der Waals surface area contributed by atoms with Gasteiger partial charge in [-0.3, -0.25) is 4.21 Å². The van der Waals surface area contributed by atoms with Gasteiger partial charge >= 0.3 is 0 Å². The molecule has 0 amide bonds. The summed E-state index contributed by atoms with van der Waals surface area (Å²) in [5.41, 5.74) is 6.19. The molecular formula is C12H26N2OS. The molecule has 4 heteroatoms. The molecule has 3 nitrogen and oxygen atoms in total. The molecule has 0 aliphatic carbocycles. The van der Waals surface area contributed by atoms with Gasteiger partial charge in [0.15, 0.2) is 0 Å². The van der Waals surface area contributed by atoms with Crippen molar-refractivity contribution in [2.24, 2.45) is 17.1 Å². The molecule has 96 valence electrons. The Kier molecular flexibility index (Phi) is 5.41. The van der Waals surface area contributed by atoms with Gasteiger partial charge in [0.2, 0.25) is 0 Å². The molecule has 0 bridgehead atoms. The van der Waals surface area contributed by atoms with Crippen LogP contribution in [0.4, 0.5) is 0 Å². The first kappa shape index (κ1) is 14.1. The highest BCUT2D eigenvalue weighted by Crippen LogP contribution is 2.24. The Hall–Kier alpha value is 0.0700. The normalized spacial score (nSPS) is 22.2. The SMILES string of the molecule is CC(C)(C)CC(CN)CN1CCS(=O)CC1. The molecule has 0 spiro atoms. The summed E-state index contributed by atoms with van der Waals surface area (Å²) in [7, 11) is -0.570. The molecule has 16 heavy (non-hydrogen) atoms. The van der Waals surface area contributed by atoms with Crippen molar-refractivity contribution in [3.05, 3.63) is 0 Å². The van der Waals surface area contributed by atoms with Crippen LogP contribution in [0, 0.1) is 11.3 Å². The molecule has 0 radical (unpaired) electrons. The lowest BCUT2D eigenvalue weighted by atomic mass is 9.84. The van der Waals surface area contributed by atoms with Crippen molar-refractivity contribution in [3.63, 3.8) is 0 Å². The smallest absolute Gasteiger partial charge is 0.0363 e. The monoisotopic (exact) mass is 246 g/mol. The summed E-state index contributed by atoms with van der Waals surface area (Å²) in [5, 5.41) is 0. The van der Waals surface area contributed by atoms with Crippen molar-refractivity contribution >= 4 is 10.8 Å². The Morgan fingerprint density at radius 1 is 1.31 bits per heavy atom. The van der Waals surface area contributed by atoms with Crippen LogP contribution in [0.3, 0.4) is 0 Å². The molecule has 0 aromatic rings. The van der Waals surface area contributed by atoms with E-state index < -0.39 is 10.8 Å². The van der Waals surface area contributed by atoms with Crippen LogP contribution in [0.2, 0.25) is 0 Å². The van der Waals surface area contributed by atoms with E-state index in [0.717, 1.165) is 37.7 Å². The quantitative estimate of drug-likeness (QED) is 0.807. The molecule has 0 aromatic carbocycles. The first-order chi connectivity index (χ1) is 7.40. The van der Waals surface area contributed by atoms with Crippen molar-refractivity contribution in [2.45, 2.75) is 27.2 Å². The van der Waals surface area contributed by atoms with Crippen LogP contribution in [0.1, 0.15) is 27.2 Å². The van der Waals surface area contributed by atoms with Crippen LogP contribution < -0.4 is 5.73 Å². The number of rotatable bonds is 4. The van der Waals surface area contributed by atoms with Gasteiger partial charge in [-0.15, -0.1) is 0 Å². The lowest BCUT2D eigenvalue weighted by Gasteiger charge is -2.32. The lowest BCUT2D eigenvalue weighted by molar-refractivity contribution is 0.205. The second kappa shape index (κ2) is 6.12. The van der Waals surface area contributed by atoms with Crippen molar-refractivity contribution in [1.29, 1.82) is 0 Å². The summed E-state index contributed by atoms with van der Waals surface area (Å²) in [6.45, 7) is 10.6. The fourth-order valence-electron chi connectivity index (χ4n) is 2.31. The number of hydrogen-bond acceptors (Lipinski definition) is 3. The molecular weight excluding hydrogens is 220 g/mol. The highest BCUT2D eigenvalue weighted by Gasteiger charge is 2.22. The number of hydrogen-bond donors (Lipinski definition) is 1. The topological polar surface area (TPSA) is 46.3 Å². The summed E-state index contributed by atoms with van der Waals surface area (Å²) in [4.78, 5) is 2.42. The first-order valence-corrected chi connectivity index (χ1v) is 7.67. The van der Waals surface area contributed by atoms with E-state index in [1.165, 1.54) is 6.42 Å². The number of nitrogens with two attached hydrogens (primary N) is 1. The van der Waals surface area contributed by atoms with Gasteiger partial charge in [-0.2, -0.15) is 0 Å². The van der Waals surface area contributed by atoms with Crippen molar-refractivity contribution < 1.29 is 4.21 Å². The lowest BCUT2D eigenvalue weighted by Crippen LogP contribution is -2.42. The molecule has 2 N–H and O–H groups in total. The summed E-state index contributed by atoms with van der Waals surface area (Å²) in [6.07, 6.45) is 1.17. The van der Waals surface area contributed by atoms with Gasteiger partial charge in [-0.05, 0) is 24.3 Å². The molecule has 0 saturated carbocycles. The summed E-state index contributed by atoms with van der Waals surface area (Å²) < 4.78 is 11.3. The molecule has 1 heterocycles. The van der Waals surface area contributed by atoms with E-state index >= 15 is 0 Å². The predicted octanol–water partition coefficient (Wildman–Crippen LogP) is 1.06. The first-order valence-electron chi connectivity index (χ1n) is 6.18. The van der Waals surface area contributed by atoms with E-state index in [1.54, 1.807) is 0 Å². The second-order valence-electron chi connectivity index (χ2n) is 6.02. The van der Waals surface area contributed by atoms with E-state index in [2.05, 4.69) is 25.7 Å². The maximum absolute atomic E-state index is 11.3. The minimum atomic E-state index is -0.570. The largest absolute Gasteiger partial charge is 0.330 e. The molecule has 1 atom stereocenters. The van der Waals surface area contributed by atoms with Gasteiger partial charge < -0.3 is 10.6 Å². The van der Waals surface area contributed by atoms with E-state index in [0.29, 0.717) is 11.3 Å². The minimum absolute atomic E-state index is 0.350. The number of nitrogens with zero attached hydrogens (tertiary/aromatic N) is 1. The summed E-state index contributed by atoms with van der Waals surface area (Å²) >= 11 is 0. The molecule has 0 aromatic heterocycles. The van der Waals surface area contributed by atoms with Crippen molar-refractivity contribution in [1.82, 2.24) is 4.90 Å². The van der Waals surface area contributed by atoms with Crippen LogP contribution in [-0.2, 0) is 10.8 Å². The Bertz CT molecular complexity index is 228. The average Bonchev–Trinajstić information content (AvgIpc) is 2.18. The van der Waals surface area contributed by atoms with Gasteiger partial charge in [0, 0.05) is 41.9 Å². The maximum Gasteiger partial charge on any atom is 0.0363 e. The van der Waals surface area contributed by atoms with Crippen LogP contribution in [0.15, 0.2) is 0 Å². The van der Waals surface area contributed by atoms with Gasteiger partial charge in [0.25, 0.3) is 0 Å². The van der Waals surface area contributed by atoms with E-state index in [9.17, 15) is 4.21 Å². The highest BCUT2D eigenvalue weighted by atomic mass is 32.2. The van der Waals surface area contributed by atoms with Crippen molar-refractivity contribution in [3.8, 4) is 0 Å². The fraction of sp³-hybridized carbons (Fsp3) is 1.00. The van der Waals surface area contributed by atoms with Gasteiger partial charge in [-0.1, -0.05) is 20.8 Å². The molecule has 1 aliphatic heterocycles. The fourth-order valence-corrected chi connectivity index (χ4v) is 3.44. The van der Waals surface area contributed by atoms with Crippen LogP contribution in [0.25, 0.3) is 0 Å². The standard InChI is InChI=1S/C12H26N2OS/c1-12(2,3)8-11(9-13)10-14-4-6-16(15)7-5-14/h11H,4-10,13H2,1-3H3. The second-order valence-corrected chi connectivity index (χ2v) is 7.71. The minimum Gasteiger partial charge on any atom is -0.330 e. The van der Waals surface area contributed by atoms with E-state index in [4.69, 9.17) is 5.73 Å². The van der Waals surface area contributed by atoms with Gasteiger partial charge in [0.05, 0.1) is 0 Å². The third-order valence-electron chi connectivity index (χ3n) is 3.02. The Labute approximate surface area is 102 Å². The Balaban J connectivity index is 2.35.